The normalized spacial score (nSPS) is 17.2. The van der Waals surface area contributed by atoms with Gasteiger partial charge in [-0.2, -0.15) is 5.10 Å². The molecule has 7 nitrogen and oxygen atoms in total. The van der Waals surface area contributed by atoms with Gasteiger partial charge in [0.15, 0.2) is 5.69 Å². The number of hydrogen-bond donors (Lipinski definition) is 3. The topological polar surface area (TPSA) is 85.9 Å². The maximum Gasteiger partial charge on any atom is 0.272 e. The molecule has 3 N–H and O–H groups in total. The van der Waals surface area contributed by atoms with Crippen molar-refractivity contribution in [3.63, 3.8) is 0 Å². The van der Waals surface area contributed by atoms with E-state index in [-0.39, 0.29) is 5.91 Å². The molecule has 0 aromatic carbocycles. The van der Waals surface area contributed by atoms with Gasteiger partial charge in [0.05, 0.1) is 0 Å². The van der Waals surface area contributed by atoms with Gasteiger partial charge in [0.25, 0.3) is 5.91 Å². The summed E-state index contributed by atoms with van der Waals surface area (Å²) in [5.74, 6) is 0.880. The highest BCUT2D eigenvalue weighted by Crippen LogP contribution is 2.19. The first-order valence-electron chi connectivity index (χ1n) is 9.06. The van der Waals surface area contributed by atoms with E-state index in [0.717, 1.165) is 48.7 Å². The standard InChI is InChI=1S/C18H24N6O/c25-18(17-14-12-19-6-5-15(14)22-23-17)21-11-13-4-7-20-16(10-13)24-8-2-1-3-9-24/h4,7,10,19H,1-3,5-6,8-9,11-12H2,(H,21,25)(H,22,23). The van der Waals surface area contributed by atoms with Crippen LogP contribution in [0.1, 0.15) is 46.6 Å². The number of piperidine rings is 1. The fourth-order valence-electron chi connectivity index (χ4n) is 3.55. The molecule has 7 heteroatoms. The van der Waals surface area contributed by atoms with Crippen LogP contribution in [-0.4, -0.2) is 40.7 Å². The number of hydrogen-bond acceptors (Lipinski definition) is 5. The van der Waals surface area contributed by atoms with Gasteiger partial charge in [-0.05, 0) is 37.0 Å². The molecule has 4 rings (SSSR count). The molecule has 0 spiro atoms. The van der Waals surface area contributed by atoms with Gasteiger partial charge in [-0.15, -0.1) is 0 Å². The van der Waals surface area contributed by atoms with Crippen LogP contribution in [0.15, 0.2) is 18.3 Å². The monoisotopic (exact) mass is 340 g/mol. The number of aromatic amines is 1. The van der Waals surface area contributed by atoms with Crippen molar-refractivity contribution in [3.05, 3.63) is 40.8 Å². The number of carbonyl (C=O) groups is 1. The number of aromatic nitrogens is 3. The molecular weight excluding hydrogens is 316 g/mol. The molecule has 0 bridgehead atoms. The predicted molar refractivity (Wildman–Crippen MR) is 95.5 cm³/mol. The Labute approximate surface area is 147 Å². The number of nitrogens with zero attached hydrogens (tertiary/aromatic N) is 3. The highest BCUT2D eigenvalue weighted by atomic mass is 16.1. The Hall–Kier alpha value is -2.41. The van der Waals surface area contributed by atoms with Crippen molar-refractivity contribution in [1.29, 1.82) is 0 Å². The number of anilines is 1. The second-order valence-corrected chi connectivity index (χ2v) is 6.71. The highest BCUT2D eigenvalue weighted by molar-refractivity contribution is 5.94. The molecule has 25 heavy (non-hydrogen) atoms. The van der Waals surface area contributed by atoms with Crippen molar-refractivity contribution in [2.75, 3.05) is 24.5 Å². The Balaban J connectivity index is 1.41. The number of fused-ring (bicyclic) bond motifs is 1. The zero-order valence-electron chi connectivity index (χ0n) is 14.3. The van der Waals surface area contributed by atoms with Crippen LogP contribution in [0.3, 0.4) is 0 Å². The minimum absolute atomic E-state index is 0.127. The Morgan fingerprint density at radius 1 is 1.28 bits per heavy atom. The molecule has 2 aliphatic rings. The lowest BCUT2D eigenvalue weighted by atomic mass is 10.1. The van der Waals surface area contributed by atoms with Gasteiger partial charge in [0.1, 0.15) is 5.82 Å². The Morgan fingerprint density at radius 3 is 3.04 bits per heavy atom. The predicted octanol–water partition coefficient (Wildman–Crippen LogP) is 1.37. The fraction of sp³-hybridized carbons (Fsp3) is 0.500. The average Bonchev–Trinajstić information content (AvgIpc) is 3.11. The summed E-state index contributed by atoms with van der Waals surface area (Å²) in [5.41, 5.74) is 3.63. The number of carbonyl (C=O) groups excluding carboxylic acids is 1. The molecule has 132 valence electrons. The van der Waals surface area contributed by atoms with Crippen LogP contribution < -0.4 is 15.5 Å². The molecule has 0 radical (unpaired) electrons. The molecule has 4 heterocycles. The van der Waals surface area contributed by atoms with Crippen LogP contribution in [0.2, 0.25) is 0 Å². The summed E-state index contributed by atoms with van der Waals surface area (Å²) in [6.07, 6.45) is 6.46. The van der Waals surface area contributed by atoms with Crippen molar-refractivity contribution in [1.82, 2.24) is 25.8 Å². The van der Waals surface area contributed by atoms with Gasteiger partial charge in [-0.3, -0.25) is 9.89 Å². The molecule has 0 saturated carbocycles. The largest absolute Gasteiger partial charge is 0.357 e. The molecular formula is C18H24N6O. The Kier molecular flexibility index (Phi) is 4.65. The van der Waals surface area contributed by atoms with Crippen LogP contribution in [0.25, 0.3) is 0 Å². The van der Waals surface area contributed by atoms with Crippen molar-refractivity contribution in [2.24, 2.45) is 0 Å². The van der Waals surface area contributed by atoms with Gasteiger partial charge >= 0.3 is 0 Å². The van der Waals surface area contributed by atoms with Crippen LogP contribution in [0.5, 0.6) is 0 Å². The van der Waals surface area contributed by atoms with E-state index >= 15 is 0 Å². The number of rotatable bonds is 4. The minimum Gasteiger partial charge on any atom is -0.357 e. The lowest BCUT2D eigenvalue weighted by Gasteiger charge is -2.27. The van der Waals surface area contributed by atoms with Gasteiger partial charge in [-0.25, -0.2) is 4.98 Å². The van der Waals surface area contributed by atoms with Gasteiger partial charge < -0.3 is 15.5 Å². The van der Waals surface area contributed by atoms with E-state index in [4.69, 9.17) is 0 Å². The summed E-state index contributed by atoms with van der Waals surface area (Å²) < 4.78 is 0. The van der Waals surface area contributed by atoms with Gasteiger partial charge in [0.2, 0.25) is 0 Å². The van der Waals surface area contributed by atoms with Crippen molar-refractivity contribution >= 4 is 11.7 Å². The molecule has 1 fully saturated rings. The maximum atomic E-state index is 12.5. The highest BCUT2D eigenvalue weighted by Gasteiger charge is 2.21. The number of pyridine rings is 1. The SMILES string of the molecule is O=C(NCc1ccnc(N2CCCCC2)c1)c1n[nH]c2c1CNCC2. The number of nitrogens with one attached hydrogen (secondary N) is 3. The molecule has 2 aromatic heterocycles. The molecule has 1 amide bonds. The smallest absolute Gasteiger partial charge is 0.272 e. The van der Waals surface area contributed by atoms with Crippen LogP contribution in [0, 0.1) is 0 Å². The van der Waals surface area contributed by atoms with Crippen LogP contribution >= 0.6 is 0 Å². The summed E-state index contributed by atoms with van der Waals surface area (Å²) in [6, 6.07) is 4.03. The van der Waals surface area contributed by atoms with E-state index in [1.54, 1.807) is 0 Å². The van der Waals surface area contributed by atoms with E-state index in [2.05, 4.69) is 36.8 Å². The molecule has 0 unspecified atom stereocenters. The first kappa shape index (κ1) is 16.1. The van der Waals surface area contributed by atoms with Crippen LogP contribution in [-0.2, 0) is 19.5 Å². The first-order chi connectivity index (χ1) is 12.3. The first-order valence-corrected chi connectivity index (χ1v) is 9.06. The molecule has 2 aliphatic heterocycles. The van der Waals surface area contributed by atoms with Crippen molar-refractivity contribution in [3.8, 4) is 0 Å². The van der Waals surface area contributed by atoms with E-state index < -0.39 is 0 Å². The minimum atomic E-state index is -0.127. The Bertz CT molecular complexity index is 750. The molecule has 0 aliphatic carbocycles. The number of amides is 1. The summed E-state index contributed by atoms with van der Waals surface area (Å²) in [4.78, 5) is 19.3. The van der Waals surface area contributed by atoms with Crippen molar-refractivity contribution in [2.45, 2.75) is 38.8 Å². The summed E-state index contributed by atoms with van der Waals surface area (Å²) in [7, 11) is 0. The quantitative estimate of drug-likeness (QED) is 0.783. The third-order valence-corrected chi connectivity index (χ3v) is 4.96. The Morgan fingerprint density at radius 2 is 2.16 bits per heavy atom. The summed E-state index contributed by atoms with van der Waals surface area (Å²) in [6.45, 7) is 4.23. The maximum absolute atomic E-state index is 12.5. The fourth-order valence-corrected chi connectivity index (χ4v) is 3.55. The second kappa shape index (κ2) is 7.23. The van der Waals surface area contributed by atoms with Gasteiger partial charge in [0, 0.05) is 56.6 Å². The zero-order chi connectivity index (χ0) is 17.1. The van der Waals surface area contributed by atoms with Crippen molar-refractivity contribution < 1.29 is 4.79 Å². The average molecular weight is 340 g/mol. The lowest BCUT2D eigenvalue weighted by Crippen LogP contribution is -2.30. The molecule has 2 aromatic rings. The van der Waals surface area contributed by atoms with Crippen LogP contribution in [0.4, 0.5) is 5.82 Å². The molecule has 1 saturated heterocycles. The van der Waals surface area contributed by atoms with E-state index in [1.165, 1.54) is 19.3 Å². The van der Waals surface area contributed by atoms with E-state index in [9.17, 15) is 4.79 Å². The summed E-state index contributed by atoms with van der Waals surface area (Å²) >= 11 is 0. The van der Waals surface area contributed by atoms with E-state index in [0.29, 0.717) is 18.8 Å². The third kappa shape index (κ3) is 3.51. The molecule has 0 atom stereocenters. The second-order valence-electron chi connectivity index (χ2n) is 6.71. The zero-order valence-corrected chi connectivity index (χ0v) is 14.3. The van der Waals surface area contributed by atoms with E-state index in [1.807, 2.05) is 12.3 Å². The third-order valence-electron chi connectivity index (χ3n) is 4.96. The number of H-pyrrole nitrogens is 1. The lowest BCUT2D eigenvalue weighted by molar-refractivity contribution is 0.0944. The summed E-state index contributed by atoms with van der Waals surface area (Å²) in [5, 5.41) is 13.5. The van der Waals surface area contributed by atoms with Gasteiger partial charge in [-0.1, -0.05) is 0 Å².